The summed E-state index contributed by atoms with van der Waals surface area (Å²) in [5.74, 6) is -1.64. The zero-order chi connectivity index (χ0) is 24.2. The van der Waals surface area contributed by atoms with Gasteiger partial charge in [-0.15, -0.1) is 0 Å². The Kier molecular flexibility index (Phi) is 6.92. The summed E-state index contributed by atoms with van der Waals surface area (Å²) >= 11 is 5.89. The summed E-state index contributed by atoms with van der Waals surface area (Å²) in [5.41, 5.74) is -1.42. The van der Waals surface area contributed by atoms with E-state index in [1.165, 1.54) is 24.3 Å². The lowest BCUT2D eigenvalue weighted by Crippen LogP contribution is -2.09. The number of carbonyl (C=O) groups is 1. The van der Waals surface area contributed by atoms with Crippen LogP contribution in [0.25, 0.3) is 0 Å². The molecule has 0 radical (unpaired) electrons. The van der Waals surface area contributed by atoms with E-state index >= 15 is 0 Å². The van der Waals surface area contributed by atoms with Gasteiger partial charge in [0.1, 0.15) is 11.5 Å². The number of rotatable bonds is 8. The highest BCUT2D eigenvalue weighted by molar-refractivity contribution is 6.32. The van der Waals surface area contributed by atoms with Crippen LogP contribution in [-0.4, -0.2) is 22.6 Å². The van der Waals surface area contributed by atoms with Crippen molar-refractivity contribution >= 4 is 23.3 Å². The maximum absolute atomic E-state index is 12.8. The Morgan fingerprint density at radius 1 is 0.970 bits per heavy atom. The number of aliphatic carboxylic acids is 1. The average Bonchev–Trinajstić information content (AvgIpc) is 2.73. The van der Waals surface area contributed by atoms with Gasteiger partial charge in [-0.2, -0.15) is 13.2 Å². The lowest BCUT2D eigenvalue weighted by atomic mass is 10.2. The van der Waals surface area contributed by atoms with Crippen LogP contribution < -0.4 is 14.2 Å². The van der Waals surface area contributed by atoms with Crippen molar-refractivity contribution < 1.29 is 42.2 Å². The second kappa shape index (κ2) is 9.65. The fraction of sp³-hybridized carbons (Fsp3) is 0.0952. The molecule has 0 amide bonds. The van der Waals surface area contributed by atoms with E-state index in [1.807, 2.05) is 0 Å². The van der Waals surface area contributed by atoms with Gasteiger partial charge in [0, 0.05) is 12.1 Å². The van der Waals surface area contributed by atoms with Gasteiger partial charge in [0.25, 0.3) is 0 Å². The summed E-state index contributed by atoms with van der Waals surface area (Å²) < 4.78 is 54.6. The fourth-order valence-electron chi connectivity index (χ4n) is 2.59. The minimum Gasteiger partial charge on any atom is -0.479 e. The van der Waals surface area contributed by atoms with Crippen molar-refractivity contribution in [2.45, 2.75) is 6.18 Å². The minimum absolute atomic E-state index is 0.00781. The summed E-state index contributed by atoms with van der Waals surface area (Å²) in [5, 5.41) is 19.9. The Balaban J connectivity index is 1.92. The second-order valence-corrected chi connectivity index (χ2v) is 6.77. The van der Waals surface area contributed by atoms with E-state index in [0.29, 0.717) is 6.07 Å². The van der Waals surface area contributed by atoms with E-state index in [-0.39, 0.29) is 33.8 Å². The topological polar surface area (TPSA) is 108 Å². The van der Waals surface area contributed by atoms with Crippen molar-refractivity contribution in [3.05, 3.63) is 81.4 Å². The molecule has 3 aromatic carbocycles. The monoisotopic (exact) mass is 483 g/mol. The molecule has 0 aliphatic heterocycles. The highest BCUT2D eigenvalue weighted by atomic mass is 35.5. The first-order valence-corrected chi connectivity index (χ1v) is 9.37. The number of hydrogen-bond acceptors (Lipinski definition) is 6. The average molecular weight is 484 g/mol. The van der Waals surface area contributed by atoms with Crippen LogP contribution >= 0.6 is 11.6 Å². The summed E-state index contributed by atoms with van der Waals surface area (Å²) in [6.45, 7) is -0.669. The smallest absolute Gasteiger partial charge is 0.416 e. The number of nitrogens with zero attached hydrogens (tertiary/aromatic N) is 1. The predicted octanol–water partition coefficient (Wildman–Crippen LogP) is 6.32. The number of ether oxygens (including phenoxy) is 3. The lowest BCUT2D eigenvalue weighted by Gasteiger charge is -2.14. The molecule has 8 nitrogen and oxygen atoms in total. The Hall–Kier alpha value is -3.99. The fourth-order valence-corrected chi connectivity index (χ4v) is 2.81. The SMILES string of the molecule is O=C(O)COc1ccccc1Oc1cc(Oc2ccc(C(F)(F)F)cc2Cl)ccc1[N+](=O)[O-]. The molecular weight excluding hydrogens is 471 g/mol. The van der Waals surface area contributed by atoms with Crippen LogP contribution in [0.4, 0.5) is 18.9 Å². The zero-order valence-corrected chi connectivity index (χ0v) is 17.1. The number of nitro groups is 1. The molecule has 0 saturated carbocycles. The van der Waals surface area contributed by atoms with Crippen molar-refractivity contribution in [3.8, 4) is 28.7 Å². The molecule has 0 bridgehead atoms. The molecule has 33 heavy (non-hydrogen) atoms. The van der Waals surface area contributed by atoms with Crippen molar-refractivity contribution in [1.29, 1.82) is 0 Å². The third kappa shape index (κ3) is 6.04. The summed E-state index contributed by atoms with van der Waals surface area (Å²) in [6, 6.07) is 11.8. The largest absolute Gasteiger partial charge is 0.479 e. The molecular formula is C21H13ClF3NO7. The lowest BCUT2D eigenvalue weighted by molar-refractivity contribution is -0.385. The number of carboxylic acids is 1. The van der Waals surface area contributed by atoms with Crippen molar-refractivity contribution in [1.82, 2.24) is 0 Å². The van der Waals surface area contributed by atoms with Gasteiger partial charge in [-0.25, -0.2) is 4.79 Å². The standard InChI is InChI=1S/C21H13ClF3NO7/c22-14-9-12(21(23,24)25)5-8-16(14)32-13-6-7-15(26(29)30)19(10-13)33-18-4-2-1-3-17(18)31-11-20(27)28/h1-10H,11H2,(H,27,28). The predicted molar refractivity (Wildman–Crippen MR) is 109 cm³/mol. The number of nitro benzene ring substituents is 1. The van der Waals surface area contributed by atoms with E-state index in [2.05, 4.69) is 0 Å². The van der Waals surface area contributed by atoms with Crippen LogP contribution in [0, 0.1) is 10.1 Å². The van der Waals surface area contributed by atoms with Gasteiger partial charge in [-0.05, 0) is 36.4 Å². The maximum atomic E-state index is 12.8. The summed E-state index contributed by atoms with van der Waals surface area (Å²) in [4.78, 5) is 21.5. The summed E-state index contributed by atoms with van der Waals surface area (Å²) in [7, 11) is 0. The molecule has 0 atom stereocenters. The first-order valence-electron chi connectivity index (χ1n) is 8.99. The molecule has 0 aromatic heterocycles. The third-order valence-corrected chi connectivity index (χ3v) is 4.33. The molecule has 3 rings (SSSR count). The van der Waals surface area contributed by atoms with Gasteiger partial charge in [-0.3, -0.25) is 10.1 Å². The third-order valence-electron chi connectivity index (χ3n) is 4.04. The summed E-state index contributed by atoms with van der Waals surface area (Å²) in [6.07, 6.45) is -4.59. The van der Waals surface area contributed by atoms with Crippen molar-refractivity contribution in [3.63, 3.8) is 0 Å². The van der Waals surface area contributed by atoms with Gasteiger partial charge >= 0.3 is 17.8 Å². The maximum Gasteiger partial charge on any atom is 0.416 e. The van der Waals surface area contributed by atoms with Crippen molar-refractivity contribution in [2.24, 2.45) is 0 Å². The Bertz CT molecular complexity index is 1200. The molecule has 3 aromatic rings. The van der Waals surface area contributed by atoms with E-state index in [0.717, 1.165) is 24.3 Å². The van der Waals surface area contributed by atoms with Crippen LogP contribution in [0.1, 0.15) is 5.56 Å². The molecule has 0 spiro atoms. The quantitative estimate of drug-likeness (QED) is 0.295. The highest BCUT2D eigenvalue weighted by Crippen LogP contribution is 2.41. The number of para-hydroxylation sites is 2. The van der Waals surface area contributed by atoms with Crippen LogP contribution in [-0.2, 0) is 11.0 Å². The van der Waals surface area contributed by atoms with E-state index in [4.69, 9.17) is 30.9 Å². The van der Waals surface area contributed by atoms with Gasteiger partial charge < -0.3 is 19.3 Å². The molecule has 0 saturated heterocycles. The van der Waals surface area contributed by atoms with Gasteiger partial charge in [0.2, 0.25) is 5.75 Å². The van der Waals surface area contributed by atoms with Gasteiger partial charge in [0.15, 0.2) is 18.1 Å². The van der Waals surface area contributed by atoms with Crippen LogP contribution in [0.15, 0.2) is 60.7 Å². The normalized spacial score (nSPS) is 11.0. The van der Waals surface area contributed by atoms with Gasteiger partial charge in [-0.1, -0.05) is 23.7 Å². The molecule has 0 unspecified atom stereocenters. The first kappa shape index (κ1) is 23.7. The molecule has 12 heteroatoms. The van der Waals surface area contributed by atoms with Crippen LogP contribution in [0.2, 0.25) is 5.02 Å². The molecule has 172 valence electrons. The molecule has 0 fully saturated rings. The van der Waals surface area contributed by atoms with Crippen LogP contribution in [0.3, 0.4) is 0 Å². The minimum atomic E-state index is -4.59. The number of halogens is 4. The Labute approximate surface area is 188 Å². The molecule has 0 aliphatic carbocycles. The molecule has 1 N–H and O–H groups in total. The highest BCUT2D eigenvalue weighted by Gasteiger charge is 2.31. The number of carboxylic acid groups (broad SMARTS) is 1. The first-order chi connectivity index (χ1) is 15.5. The number of alkyl halides is 3. The second-order valence-electron chi connectivity index (χ2n) is 6.36. The molecule has 0 aliphatic rings. The van der Waals surface area contributed by atoms with E-state index < -0.39 is 34.9 Å². The van der Waals surface area contributed by atoms with Gasteiger partial charge in [0.05, 0.1) is 15.5 Å². The Morgan fingerprint density at radius 3 is 2.27 bits per heavy atom. The van der Waals surface area contributed by atoms with Crippen molar-refractivity contribution in [2.75, 3.05) is 6.61 Å². The van der Waals surface area contributed by atoms with E-state index in [9.17, 15) is 28.1 Å². The molecule has 0 heterocycles. The Morgan fingerprint density at radius 2 is 1.67 bits per heavy atom. The van der Waals surface area contributed by atoms with Crippen LogP contribution in [0.5, 0.6) is 28.7 Å². The number of hydrogen-bond donors (Lipinski definition) is 1. The zero-order valence-electron chi connectivity index (χ0n) is 16.3. The van der Waals surface area contributed by atoms with E-state index in [1.54, 1.807) is 6.07 Å². The number of benzene rings is 3.